The van der Waals surface area contributed by atoms with Crippen LogP contribution < -0.4 is 10.6 Å². The van der Waals surface area contributed by atoms with E-state index in [-0.39, 0.29) is 46.6 Å². The molecule has 4 rings (SSSR count). The van der Waals surface area contributed by atoms with Crippen LogP contribution in [0.3, 0.4) is 0 Å². The maximum absolute atomic E-state index is 13.4. The number of amides is 2. The summed E-state index contributed by atoms with van der Waals surface area (Å²) in [5, 5.41) is 24.7. The summed E-state index contributed by atoms with van der Waals surface area (Å²) in [6, 6.07) is 23.6. The largest absolute Gasteiger partial charge is 0.478 e. The van der Waals surface area contributed by atoms with Crippen molar-refractivity contribution in [2.75, 3.05) is 10.6 Å². The molecule has 0 aliphatic heterocycles. The number of carboxylic acid groups (broad SMARTS) is 2. The van der Waals surface area contributed by atoms with Crippen molar-refractivity contribution >= 4 is 35.1 Å². The molecule has 0 saturated carbocycles. The Morgan fingerprint density at radius 3 is 1.02 bits per heavy atom. The van der Waals surface area contributed by atoms with Crippen LogP contribution in [0.25, 0.3) is 0 Å². The average molecular weight is 621 g/mol. The molecule has 2 amide bonds. The zero-order valence-corrected chi connectivity index (χ0v) is 26.9. The lowest BCUT2D eigenvalue weighted by molar-refractivity contribution is 0.0686. The number of hydrogen-bond acceptors (Lipinski definition) is 4. The van der Waals surface area contributed by atoms with Crippen molar-refractivity contribution < 1.29 is 29.4 Å². The van der Waals surface area contributed by atoms with Gasteiger partial charge in [-0.15, -0.1) is 0 Å². The Labute approximate surface area is 269 Å². The number of rotatable bonds is 11. The molecule has 4 aromatic rings. The van der Waals surface area contributed by atoms with Gasteiger partial charge in [-0.1, -0.05) is 77.9 Å². The van der Waals surface area contributed by atoms with Gasteiger partial charge in [-0.3, -0.25) is 9.59 Å². The molecule has 238 valence electrons. The van der Waals surface area contributed by atoms with Gasteiger partial charge in [0.05, 0.1) is 11.1 Å². The fourth-order valence-electron chi connectivity index (χ4n) is 5.63. The number of nitrogens with one attached hydrogen (secondary N) is 2. The Balaban J connectivity index is 1.72. The fourth-order valence-corrected chi connectivity index (χ4v) is 5.63. The zero-order valence-electron chi connectivity index (χ0n) is 26.9. The van der Waals surface area contributed by atoms with Gasteiger partial charge in [0.15, 0.2) is 0 Å². The lowest BCUT2D eigenvalue weighted by atomic mass is 9.79. The Morgan fingerprint density at radius 1 is 0.457 bits per heavy atom. The van der Waals surface area contributed by atoms with E-state index in [1.54, 1.807) is 0 Å². The molecular formula is C38H40N2O6. The molecule has 4 aromatic carbocycles. The van der Waals surface area contributed by atoms with Crippen molar-refractivity contribution in [2.45, 2.75) is 65.2 Å². The molecule has 0 fully saturated rings. The molecule has 0 aromatic heterocycles. The summed E-state index contributed by atoms with van der Waals surface area (Å²) in [5.74, 6) is -2.78. The highest BCUT2D eigenvalue weighted by Gasteiger charge is 2.27. The number of aromatic carboxylic acids is 2. The summed E-state index contributed by atoms with van der Waals surface area (Å²) in [5.41, 5.74) is 6.15. The SMILES string of the molecule is CC(C)c1cccc(C(C)C(C)c2cccc(C(C)C)c2NC(=O)c2ccc(C(=O)O)cc2)c1NC(=O)c1ccc(C(=O)O)cc1. The Kier molecular flexibility index (Phi) is 10.4. The fraction of sp³-hybridized carbons (Fsp3) is 0.263. The van der Waals surface area contributed by atoms with Gasteiger partial charge in [0.25, 0.3) is 11.8 Å². The van der Waals surface area contributed by atoms with Crippen LogP contribution in [0.15, 0.2) is 84.9 Å². The third-order valence-electron chi connectivity index (χ3n) is 8.50. The monoisotopic (exact) mass is 620 g/mol. The predicted molar refractivity (Wildman–Crippen MR) is 181 cm³/mol. The maximum atomic E-state index is 13.4. The van der Waals surface area contributed by atoms with Crippen LogP contribution in [0.1, 0.15) is 129 Å². The van der Waals surface area contributed by atoms with Crippen molar-refractivity contribution in [2.24, 2.45) is 0 Å². The Morgan fingerprint density at radius 2 is 0.739 bits per heavy atom. The van der Waals surface area contributed by atoms with E-state index in [0.717, 1.165) is 22.3 Å². The van der Waals surface area contributed by atoms with Crippen LogP contribution in [0.2, 0.25) is 0 Å². The van der Waals surface area contributed by atoms with E-state index in [0.29, 0.717) is 22.5 Å². The third kappa shape index (κ3) is 7.34. The van der Waals surface area contributed by atoms with Crippen LogP contribution >= 0.6 is 0 Å². The maximum Gasteiger partial charge on any atom is 0.335 e. The molecule has 2 atom stereocenters. The average Bonchev–Trinajstić information content (AvgIpc) is 3.04. The van der Waals surface area contributed by atoms with E-state index in [9.17, 15) is 29.4 Å². The first kappa shape index (κ1) is 33.6. The van der Waals surface area contributed by atoms with Gasteiger partial charge in [-0.05, 0) is 94.5 Å². The van der Waals surface area contributed by atoms with E-state index in [1.807, 2.05) is 36.4 Å². The molecule has 8 nitrogen and oxygen atoms in total. The predicted octanol–water partition coefficient (Wildman–Crippen LogP) is 8.74. The molecule has 46 heavy (non-hydrogen) atoms. The second kappa shape index (κ2) is 14.2. The quantitative estimate of drug-likeness (QED) is 0.133. The minimum absolute atomic E-state index is 0.101. The summed E-state index contributed by atoms with van der Waals surface area (Å²) in [7, 11) is 0. The number of benzene rings is 4. The van der Waals surface area contributed by atoms with E-state index in [4.69, 9.17) is 0 Å². The van der Waals surface area contributed by atoms with E-state index < -0.39 is 11.9 Å². The highest BCUT2D eigenvalue weighted by molar-refractivity contribution is 6.06. The standard InChI is InChI=1S/C38H40N2O6/c1-21(2)29-9-7-11-31(33(29)39-35(41)25-13-17-27(18-14-25)37(43)44)23(5)24(6)32-12-8-10-30(22(3)4)34(32)40-36(42)26-15-19-28(20-16-26)38(45)46/h7-24H,1-6H3,(H,39,41)(H,40,42)(H,43,44)(H,45,46). The first-order valence-electron chi connectivity index (χ1n) is 15.3. The van der Waals surface area contributed by atoms with Crippen LogP contribution in [0.4, 0.5) is 11.4 Å². The Hall–Kier alpha value is -5.24. The molecule has 2 unspecified atom stereocenters. The Bertz CT molecular complexity index is 1630. The molecule has 8 heteroatoms. The van der Waals surface area contributed by atoms with Gasteiger partial charge >= 0.3 is 11.9 Å². The van der Waals surface area contributed by atoms with Gasteiger partial charge in [0, 0.05) is 22.5 Å². The molecule has 0 radical (unpaired) electrons. The van der Waals surface area contributed by atoms with Crippen molar-refractivity contribution in [3.8, 4) is 0 Å². The molecule has 0 spiro atoms. The van der Waals surface area contributed by atoms with Crippen LogP contribution in [0, 0.1) is 0 Å². The van der Waals surface area contributed by atoms with E-state index in [1.165, 1.54) is 48.5 Å². The highest BCUT2D eigenvalue weighted by Crippen LogP contribution is 2.43. The third-order valence-corrected chi connectivity index (χ3v) is 8.50. The molecule has 4 N–H and O–H groups in total. The number of carboxylic acids is 2. The zero-order chi connectivity index (χ0) is 33.7. The van der Waals surface area contributed by atoms with Gasteiger partial charge in [0.2, 0.25) is 0 Å². The first-order valence-corrected chi connectivity index (χ1v) is 15.3. The van der Waals surface area contributed by atoms with Crippen molar-refractivity contribution in [1.29, 1.82) is 0 Å². The van der Waals surface area contributed by atoms with Crippen LogP contribution in [0.5, 0.6) is 0 Å². The van der Waals surface area contributed by atoms with Crippen molar-refractivity contribution in [1.82, 2.24) is 0 Å². The van der Waals surface area contributed by atoms with Crippen molar-refractivity contribution in [3.05, 3.63) is 129 Å². The molecule has 0 saturated heterocycles. The first-order chi connectivity index (χ1) is 21.8. The molecular weight excluding hydrogens is 580 g/mol. The molecule has 0 aliphatic carbocycles. The number of hydrogen-bond donors (Lipinski definition) is 4. The lowest BCUT2D eigenvalue weighted by Gasteiger charge is -2.29. The van der Waals surface area contributed by atoms with Gasteiger partial charge < -0.3 is 20.8 Å². The minimum Gasteiger partial charge on any atom is -0.478 e. The topological polar surface area (TPSA) is 133 Å². The summed E-state index contributed by atoms with van der Waals surface area (Å²) < 4.78 is 0. The lowest BCUT2D eigenvalue weighted by Crippen LogP contribution is -2.19. The number of anilines is 2. The highest BCUT2D eigenvalue weighted by atomic mass is 16.4. The second-order valence-corrected chi connectivity index (χ2v) is 12.2. The summed E-state index contributed by atoms with van der Waals surface area (Å²) in [4.78, 5) is 49.5. The van der Waals surface area contributed by atoms with E-state index >= 15 is 0 Å². The van der Waals surface area contributed by atoms with Crippen LogP contribution in [-0.4, -0.2) is 34.0 Å². The number of para-hydroxylation sites is 2. The smallest absolute Gasteiger partial charge is 0.335 e. The molecule has 0 bridgehead atoms. The summed E-state index contributed by atoms with van der Waals surface area (Å²) >= 11 is 0. The minimum atomic E-state index is -1.06. The summed E-state index contributed by atoms with van der Waals surface area (Å²) in [6.45, 7) is 12.4. The van der Waals surface area contributed by atoms with Crippen molar-refractivity contribution in [3.63, 3.8) is 0 Å². The number of carbonyl (C=O) groups is 4. The number of carbonyl (C=O) groups excluding carboxylic acids is 2. The molecule has 0 aliphatic rings. The molecule has 0 heterocycles. The normalized spacial score (nSPS) is 12.4. The van der Waals surface area contributed by atoms with Gasteiger partial charge in [-0.2, -0.15) is 0 Å². The summed E-state index contributed by atoms with van der Waals surface area (Å²) in [6.07, 6.45) is 0. The van der Waals surface area contributed by atoms with Gasteiger partial charge in [-0.25, -0.2) is 9.59 Å². The van der Waals surface area contributed by atoms with Crippen LogP contribution in [-0.2, 0) is 0 Å². The van der Waals surface area contributed by atoms with Gasteiger partial charge in [0.1, 0.15) is 0 Å². The second-order valence-electron chi connectivity index (χ2n) is 12.2. The van der Waals surface area contributed by atoms with E-state index in [2.05, 4.69) is 52.2 Å².